The van der Waals surface area contributed by atoms with Crippen molar-refractivity contribution in [2.45, 2.75) is 19.4 Å². The maximum Gasteiger partial charge on any atom is 0.255 e. The van der Waals surface area contributed by atoms with Crippen molar-refractivity contribution in [3.05, 3.63) is 23.8 Å². The maximum absolute atomic E-state index is 12.4. The molecule has 6 heteroatoms. The van der Waals surface area contributed by atoms with Crippen LogP contribution in [0.15, 0.2) is 18.2 Å². The number of nitrogens with zero attached hydrogens (tertiary/aromatic N) is 1. The van der Waals surface area contributed by atoms with Crippen LogP contribution in [0, 0.1) is 0 Å². The molecule has 0 aliphatic heterocycles. The van der Waals surface area contributed by atoms with Gasteiger partial charge >= 0.3 is 0 Å². The lowest BCUT2D eigenvalue weighted by molar-refractivity contribution is 0.153. The van der Waals surface area contributed by atoms with Gasteiger partial charge in [0.15, 0.2) is 0 Å². The van der Waals surface area contributed by atoms with Crippen molar-refractivity contribution in [2.24, 2.45) is 5.73 Å². The lowest BCUT2D eigenvalue weighted by Gasteiger charge is -2.24. The van der Waals surface area contributed by atoms with Crippen LogP contribution in [0.1, 0.15) is 18.5 Å². The number of phenols is 1. The third-order valence-electron chi connectivity index (χ3n) is 2.60. The number of nitrogens with two attached hydrogens (primary N) is 1. The normalized spacial score (nSPS) is 12.8. The van der Waals surface area contributed by atoms with Gasteiger partial charge in [0.1, 0.15) is 5.75 Å². The summed E-state index contributed by atoms with van der Waals surface area (Å²) in [5.74, 6) is -0.0280. The molecule has 1 aromatic rings. The van der Waals surface area contributed by atoms with Gasteiger partial charge in [-0.15, -0.1) is 0 Å². The van der Waals surface area contributed by atoms with Crippen molar-refractivity contribution in [3.8, 4) is 5.75 Å². The van der Waals surface area contributed by atoms with Crippen molar-refractivity contribution in [3.63, 3.8) is 0 Å². The molecular weight excluding hydrogens is 242 g/mol. The molecule has 1 unspecified atom stereocenters. The van der Waals surface area contributed by atoms with Crippen molar-refractivity contribution < 1.29 is 19.0 Å². The number of aliphatic hydroxyl groups excluding tert-OH is 1. The van der Waals surface area contributed by atoms with Crippen LogP contribution in [0.5, 0.6) is 5.75 Å². The first kappa shape index (κ1) is 14.7. The second-order valence-corrected chi connectivity index (χ2v) is 4.09. The average molecular weight is 260 g/mol. The summed E-state index contributed by atoms with van der Waals surface area (Å²) in [7, 11) is 0. The molecule has 0 spiro atoms. The topological polar surface area (TPSA) is 69.7 Å². The second kappa shape index (κ2) is 6.51. The predicted octanol–water partition coefficient (Wildman–Crippen LogP) is 1.48. The second-order valence-electron chi connectivity index (χ2n) is 4.09. The minimum atomic E-state index is -2.51. The molecule has 102 valence electrons. The predicted molar refractivity (Wildman–Crippen MR) is 66.0 cm³/mol. The molecule has 0 saturated heterocycles. The number of phenolic OH excluding ortho intramolecular Hbond substituents is 1. The monoisotopic (exact) mass is 260 g/mol. The van der Waals surface area contributed by atoms with Crippen LogP contribution < -0.4 is 10.6 Å². The number of benzene rings is 1. The lowest BCUT2D eigenvalue weighted by Crippen LogP contribution is -2.31. The van der Waals surface area contributed by atoms with Gasteiger partial charge in [-0.2, -0.15) is 0 Å². The Kier molecular flexibility index (Phi) is 5.30. The largest absolute Gasteiger partial charge is 0.508 e. The van der Waals surface area contributed by atoms with E-state index in [-0.39, 0.29) is 24.9 Å². The van der Waals surface area contributed by atoms with Crippen LogP contribution in [0.2, 0.25) is 0 Å². The van der Waals surface area contributed by atoms with Gasteiger partial charge < -0.3 is 20.8 Å². The van der Waals surface area contributed by atoms with Crippen molar-refractivity contribution >= 4 is 5.69 Å². The van der Waals surface area contributed by atoms with E-state index < -0.39 is 13.0 Å². The van der Waals surface area contributed by atoms with Gasteiger partial charge in [0.25, 0.3) is 6.43 Å². The Balaban J connectivity index is 2.95. The zero-order chi connectivity index (χ0) is 13.7. The molecule has 0 aliphatic rings. The summed E-state index contributed by atoms with van der Waals surface area (Å²) in [6, 6.07) is 4.26. The number of hydrogen-bond donors (Lipinski definition) is 3. The third kappa shape index (κ3) is 3.82. The molecule has 0 radical (unpaired) electrons. The van der Waals surface area contributed by atoms with Crippen molar-refractivity contribution in [2.75, 3.05) is 24.6 Å². The highest BCUT2D eigenvalue weighted by molar-refractivity contribution is 5.54. The zero-order valence-corrected chi connectivity index (χ0v) is 10.2. The first-order valence-corrected chi connectivity index (χ1v) is 5.68. The highest BCUT2D eigenvalue weighted by Gasteiger charge is 2.14. The molecule has 0 saturated carbocycles. The van der Waals surface area contributed by atoms with Crippen LogP contribution in [-0.2, 0) is 0 Å². The Morgan fingerprint density at radius 1 is 1.39 bits per heavy atom. The Morgan fingerprint density at radius 3 is 2.50 bits per heavy atom. The minimum Gasteiger partial charge on any atom is -0.508 e. The van der Waals surface area contributed by atoms with Gasteiger partial charge in [0.05, 0.1) is 13.2 Å². The molecule has 0 aromatic heterocycles. The van der Waals surface area contributed by atoms with E-state index in [1.54, 1.807) is 19.1 Å². The molecule has 4 N–H and O–H groups in total. The molecular formula is C12H18F2N2O2. The molecule has 1 atom stereocenters. The van der Waals surface area contributed by atoms with Gasteiger partial charge in [0, 0.05) is 29.9 Å². The van der Waals surface area contributed by atoms with Gasteiger partial charge in [-0.25, -0.2) is 8.78 Å². The molecule has 0 fully saturated rings. The standard InChI is InChI=1S/C12H18F2N2O2/c1-8(15)10-3-2-9(6-11(10)18)16(4-5-17)7-12(13)14/h2-3,6,8,12,17-18H,4-5,7,15H2,1H3. The number of anilines is 1. The van der Waals surface area contributed by atoms with E-state index in [0.29, 0.717) is 11.3 Å². The number of halogens is 2. The molecule has 0 heterocycles. The van der Waals surface area contributed by atoms with E-state index in [0.717, 1.165) is 0 Å². The SMILES string of the molecule is CC(N)c1ccc(N(CCO)CC(F)F)cc1O. The van der Waals surface area contributed by atoms with Crippen LogP contribution >= 0.6 is 0 Å². The summed E-state index contributed by atoms with van der Waals surface area (Å²) >= 11 is 0. The smallest absolute Gasteiger partial charge is 0.255 e. The first-order valence-electron chi connectivity index (χ1n) is 5.68. The number of aliphatic hydroxyl groups is 1. The van der Waals surface area contributed by atoms with E-state index in [9.17, 15) is 13.9 Å². The highest BCUT2D eigenvalue weighted by atomic mass is 19.3. The Bertz CT molecular complexity index is 386. The van der Waals surface area contributed by atoms with Crippen molar-refractivity contribution in [1.29, 1.82) is 0 Å². The van der Waals surface area contributed by atoms with E-state index in [1.165, 1.54) is 11.0 Å². The first-order chi connectivity index (χ1) is 8.45. The molecule has 0 aliphatic carbocycles. The summed E-state index contributed by atoms with van der Waals surface area (Å²) in [6.45, 7) is 1.08. The molecule has 4 nitrogen and oxygen atoms in total. The highest BCUT2D eigenvalue weighted by Crippen LogP contribution is 2.28. The van der Waals surface area contributed by atoms with Gasteiger partial charge in [-0.3, -0.25) is 0 Å². The van der Waals surface area contributed by atoms with E-state index in [4.69, 9.17) is 10.8 Å². The number of rotatable bonds is 6. The fourth-order valence-electron chi connectivity index (χ4n) is 1.73. The summed E-state index contributed by atoms with van der Waals surface area (Å²) in [5.41, 5.74) is 6.64. The Morgan fingerprint density at radius 2 is 2.06 bits per heavy atom. The quantitative estimate of drug-likeness (QED) is 0.724. The van der Waals surface area contributed by atoms with Crippen LogP contribution in [0.3, 0.4) is 0 Å². The molecule has 0 amide bonds. The van der Waals surface area contributed by atoms with Gasteiger partial charge in [0.2, 0.25) is 0 Å². The Labute approximate surface area is 105 Å². The molecule has 1 aromatic carbocycles. The summed E-state index contributed by atoms with van der Waals surface area (Å²) in [6.07, 6.45) is -2.51. The summed E-state index contributed by atoms with van der Waals surface area (Å²) < 4.78 is 24.8. The lowest BCUT2D eigenvalue weighted by atomic mass is 10.1. The van der Waals surface area contributed by atoms with Crippen LogP contribution in [0.4, 0.5) is 14.5 Å². The Hall–Kier alpha value is -1.40. The summed E-state index contributed by atoms with van der Waals surface area (Å²) in [4.78, 5) is 1.31. The molecule has 18 heavy (non-hydrogen) atoms. The maximum atomic E-state index is 12.4. The van der Waals surface area contributed by atoms with Crippen molar-refractivity contribution in [1.82, 2.24) is 0 Å². The summed E-state index contributed by atoms with van der Waals surface area (Å²) in [5, 5.41) is 18.6. The van der Waals surface area contributed by atoms with E-state index >= 15 is 0 Å². The molecule has 1 rings (SSSR count). The fraction of sp³-hybridized carbons (Fsp3) is 0.500. The van der Waals surface area contributed by atoms with Crippen LogP contribution in [-0.4, -0.2) is 36.3 Å². The number of aromatic hydroxyl groups is 1. The van der Waals surface area contributed by atoms with E-state index in [1.807, 2.05) is 0 Å². The average Bonchev–Trinajstić information content (AvgIpc) is 2.27. The third-order valence-corrected chi connectivity index (χ3v) is 2.60. The minimum absolute atomic E-state index is 0.0280. The van der Waals surface area contributed by atoms with Crippen LogP contribution in [0.25, 0.3) is 0 Å². The molecule has 0 bridgehead atoms. The van der Waals surface area contributed by atoms with Gasteiger partial charge in [-0.1, -0.05) is 6.07 Å². The number of hydrogen-bond acceptors (Lipinski definition) is 4. The van der Waals surface area contributed by atoms with E-state index in [2.05, 4.69) is 0 Å². The number of alkyl halides is 2. The fourth-order valence-corrected chi connectivity index (χ4v) is 1.73. The zero-order valence-electron chi connectivity index (χ0n) is 10.2. The van der Waals surface area contributed by atoms with Gasteiger partial charge in [-0.05, 0) is 13.0 Å².